The molecule has 0 radical (unpaired) electrons. The van der Waals surface area contributed by atoms with Crippen LogP contribution in [0.5, 0.6) is 0 Å². The van der Waals surface area contributed by atoms with Crippen molar-refractivity contribution in [3.63, 3.8) is 0 Å². The zero-order chi connectivity index (χ0) is 24.5. The second-order valence-electron chi connectivity index (χ2n) is 7.52. The van der Waals surface area contributed by atoms with Gasteiger partial charge < -0.3 is 15.4 Å². The van der Waals surface area contributed by atoms with E-state index in [0.29, 0.717) is 22.7 Å². The number of rotatable bonds is 10. The maximum absolute atomic E-state index is 13.0. The molecule has 2 aromatic carbocycles. The van der Waals surface area contributed by atoms with Crippen molar-refractivity contribution < 1.29 is 19.1 Å². The van der Waals surface area contributed by atoms with Gasteiger partial charge in [-0.3, -0.25) is 9.59 Å². The first-order valence-corrected chi connectivity index (χ1v) is 12.9. The summed E-state index contributed by atoms with van der Waals surface area (Å²) in [6.07, 6.45) is 1.24. The Morgan fingerprint density at radius 2 is 1.79 bits per heavy atom. The van der Waals surface area contributed by atoms with Crippen molar-refractivity contribution in [3.05, 3.63) is 65.5 Å². The molecule has 3 rings (SSSR count). The third-order valence-corrected chi connectivity index (χ3v) is 6.86. The molecule has 1 atom stereocenters. The highest BCUT2D eigenvalue weighted by Crippen LogP contribution is 2.37. The van der Waals surface area contributed by atoms with Crippen LogP contribution < -0.4 is 10.6 Å². The quantitative estimate of drug-likeness (QED) is 0.249. The molecular formula is C26H28N2O4S2. The lowest BCUT2D eigenvalue weighted by molar-refractivity contribution is -0.116. The van der Waals surface area contributed by atoms with Gasteiger partial charge in [0.1, 0.15) is 10.6 Å². The van der Waals surface area contributed by atoms with E-state index in [1.165, 1.54) is 23.1 Å². The number of nitrogens with one attached hydrogen (secondary N) is 2. The smallest absolute Gasteiger partial charge is 0.341 e. The van der Waals surface area contributed by atoms with E-state index in [-0.39, 0.29) is 18.4 Å². The van der Waals surface area contributed by atoms with Crippen LogP contribution in [0.25, 0.3) is 11.1 Å². The first-order valence-electron chi connectivity index (χ1n) is 11.1. The Balaban J connectivity index is 1.75. The fraction of sp³-hybridized carbons (Fsp3) is 0.269. The lowest BCUT2D eigenvalue weighted by Crippen LogP contribution is -2.23. The molecule has 0 aliphatic heterocycles. The van der Waals surface area contributed by atoms with E-state index in [1.54, 1.807) is 13.8 Å². The van der Waals surface area contributed by atoms with Crippen LogP contribution >= 0.6 is 23.1 Å². The minimum absolute atomic E-state index is 0.0335. The van der Waals surface area contributed by atoms with Gasteiger partial charge in [0.25, 0.3) is 0 Å². The van der Waals surface area contributed by atoms with Crippen molar-refractivity contribution in [2.45, 2.75) is 43.8 Å². The van der Waals surface area contributed by atoms with Crippen LogP contribution in [0.2, 0.25) is 0 Å². The first-order chi connectivity index (χ1) is 16.4. The highest BCUT2D eigenvalue weighted by atomic mass is 32.2. The monoisotopic (exact) mass is 496 g/mol. The lowest BCUT2D eigenvalue weighted by Gasteiger charge is -2.14. The van der Waals surface area contributed by atoms with Crippen molar-refractivity contribution in [3.8, 4) is 11.1 Å². The number of carbonyl (C=O) groups excluding carboxylic acids is 3. The fourth-order valence-corrected chi connectivity index (χ4v) is 5.14. The molecule has 0 saturated carbocycles. The van der Waals surface area contributed by atoms with Crippen molar-refractivity contribution >= 4 is 51.6 Å². The molecule has 2 N–H and O–H groups in total. The Morgan fingerprint density at radius 1 is 1.03 bits per heavy atom. The Kier molecular flexibility index (Phi) is 9.30. The van der Waals surface area contributed by atoms with Crippen molar-refractivity contribution in [2.24, 2.45) is 0 Å². The van der Waals surface area contributed by atoms with E-state index in [4.69, 9.17) is 4.74 Å². The average molecular weight is 497 g/mol. The number of carbonyl (C=O) groups is 3. The maximum Gasteiger partial charge on any atom is 0.341 e. The Hall–Kier alpha value is -3.10. The van der Waals surface area contributed by atoms with Gasteiger partial charge in [0, 0.05) is 27.9 Å². The van der Waals surface area contributed by atoms with Crippen LogP contribution in [-0.2, 0) is 14.3 Å². The molecule has 8 heteroatoms. The standard InChI is InChI=1S/C26H28N2O4S2/c1-4-10-22(29)27-19-13-9-14-20(15-19)34-17(3)24(30)28-25-23(26(31)32-5-2)21(16-33-25)18-11-7-6-8-12-18/h6-9,11-17H,4-5,10H2,1-3H3,(H,27,29)(H,28,30). The van der Waals surface area contributed by atoms with E-state index in [1.807, 2.05) is 66.9 Å². The van der Waals surface area contributed by atoms with Crippen molar-refractivity contribution in [2.75, 3.05) is 17.2 Å². The molecule has 0 fully saturated rings. The van der Waals surface area contributed by atoms with E-state index < -0.39 is 11.2 Å². The first kappa shape index (κ1) is 25.5. The van der Waals surface area contributed by atoms with Gasteiger partial charge in [0.05, 0.1) is 11.9 Å². The zero-order valence-corrected chi connectivity index (χ0v) is 21.1. The maximum atomic E-state index is 13.0. The predicted molar refractivity (Wildman–Crippen MR) is 140 cm³/mol. The normalized spacial score (nSPS) is 11.5. The Bertz CT molecular complexity index is 1140. The van der Waals surface area contributed by atoms with E-state index >= 15 is 0 Å². The number of esters is 1. The SMILES string of the molecule is CCCC(=O)Nc1cccc(SC(C)C(=O)Nc2scc(-c3ccccc3)c2C(=O)OCC)c1. The average Bonchev–Trinajstić information content (AvgIpc) is 3.23. The van der Waals surface area contributed by atoms with Crippen LogP contribution in [0.4, 0.5) is 10.7 Å². The molecule has 34 heavy (non-hydrogen) atoms. The van der Waals surface area contributed by atoms with Gasteiger partial charge in [-0.05, 0) is 44.0 Å². The second-order valence-corrected chi connectivity index (χ2v) is 9.81. The van der Waals surface area contributed by atoms with E-state index in [2.05, 4.69) is 10.6 Å². The number of hydrogen-bond donors (Lipinski definition) is 2. The molecule has 2 amide bonds. The van der Waals surface area contributed by atoms with Crippen LogP contribution in [0.3, 0.4) is 0 Å². The van der Waals surface area contributed by atoms with Gasteiger partial charge in [-0.2, -0.15) is 0 Å². The molecule has 1 aromatic heterocycles. The summed E-state index contributed by atoms with van der Waals surface area (Å²) in [5.74, 6) is -0.722. The van der Waals surface area contributed by atoms with Crippen molar-refractivity contribution in [1.82, 2.24) is 0 Å². The summed E-state index contributed by atoms with van der Waals surface area (Å²) in [5.41, 5.74) is 2.68. The summed E-state index contributed by atoms with van der Waals surface area (Å²) < 4.78 is 5.27. The number of amides is 2. The lowest BCUT2D eigenvalue weighted by atomic mass is 10.0. The van der Waals surface area contributed by atoms with Gasteiger partial charge in [0.15, 0.2) is 0 Å². The zero-order valence-electron chi connectivity index (χ0n) is 19.4. The topological polar surface area (TPSA) is 84.5 Å². The molecule has 1 heterocycles. The highest BCUT2D eigenvalue weighted by Gasteiger charge is 2.24. The summed E-state index contributed by atoms with van der Waals surface area (Å²) in [7, 11) is 0. The molecule has 1 unspecified atom stereocenters. The molecule has 178 valence electrons. The second kappa shape index (κ2) is 12.4. The Labute approximate surface area is 208 Å². The number of benzene rings is 2. The molecule has 0 aliphatic carbocycles. The van der Waals surface area contributed by atoms with Gasteiger partial charge in [-0.15, -0.1) is 23.1 Å². The summed E-state index contributed by atoms with van der Waals surface area (Å²) in [5, 5.41) is 7.68. The van der Waals surface area contributed by atoms with Gasteiger partial charge in [-0.25, -0.2) is 4.79 Å². The van der Waals surface area contributed by atoms with E-state index in [9.17, 15) is 14.4 Å². The highest BCUT2D eigenvalue weighted by molar-refractivity contribution is 8.00. The van der Waals surface area contributed by atoms with E-state index in [0.717, 1.165) is 22.4 Å². The Morgan fingerprint density at radius 3 is 2.50 bits per heavy atom. The minimum atomic E-state index is -0.464. The molecular weight excluding hydrogens is 468 g/mol. The number of thioether (sulfide) groups is 1. The van der Waals surface area contributed by atoms with Gasteiger partial charge in [0.2, 0.25) is 11.8 Å². The fourth-order valence-electron chi connectivity index (χ4n) is 3.25. The third kappa shape index (κ3) is 6.71. The van der Waals surface area contributed by atoms with Crippen LogP contribution in [0.15, 0.2) is 64.9 Å². The van der Waals surface area contributed by atoms with Crippen molar-refractivity contribution in [1.29, 1.82) is 0 Å². The summed E-state index contributed by atoms with van der Waals surface area (Å²) in [6.45, 7) is 5.75. The summed E-state index contributed by atoms with van der Waals surface area (Å²) >= 11 is 2.68. The van der Waals surface area contributed by atoms with Crippen LogP contribution in [0.1, 0.15) is 44.0 Å². The number of thiophene rings is 1. The molecule has 0 spiro atoms. The number of ether oxygens (including phenoxy) is 1. The number of anilines is 2. The molecule has 6 nitrogen and oxygen atoms in total. The number of hydrogen-bond acceptors (Lipinski definition) is 6. The molecule has 0 aliphatic rings. The predicted octanol–water partition coefficient (Wildman–Crippen LogP) is 6.45. The molecule has 3 aromatic rings. The third-order valence-electron chi connectivity index (χ3n) is 4.87. The van der Waals surface area contributed by atoms with Gasteiger partial charge in [-0.1, -0.05) is 43.3 Å². The molecule has 0 bridgehead atoms. The summed E-state index contributed by atoms with van der Waals surface area (Å²) in [4.78, 5) is 38.5. The minimum Gasteiger partial charge on any atom is -0.462 e. The van der Waals surface area contributed by atoms with Crippen LogP contribution in [-0.4, -0.2) is 29.6 Å². The largest absolute Gasteiger partial charge is 0.462 e. The van der Waals surface area contributed by atoms with Gasteiger partial charge >= 0.3 is 5.97 Å². The molecule has 0 saturated heterocycles. The summed E-state index contributed by atoms with van der Waals surface area (Å²) in [6, 6.07) is 17.0. The van der Waals surface area contributed by atoms with Crippen LogP contribution in [0, 0.1) is 0 Å².